The first-order chi connectivity index (χ1) is 6.85. The molecule has 0 aromatic heterocycles. The summed E-state index contributed by atoms with van der Waals surface area (Å²) in [5.74, 6) is 1.89. The summed E-state index contributed by atoms with van der Waals surface area (Å²) < 4.78 is 15.7. The molecule has 0 fully saturated rings. The van der Waals surface area contributed by atoms with E-state index >= 15 is 0 Å². The van der Waals surface area contributed by atoms with Crippen molar-refractivity contribution in [1.29, 1.82) is 0 Å². The second kappa shape index (κ2) is 3.62. The Labute approximate surface area is 83.0 Å². The number of fused-ring (bicyclic) bond motifs is 1. The van der Waals surface area contributed by atoms with Crippen LogP contribution in [0, 0.1) is 0 Å². The summed E-state index contributed by atoms with van der Waals surface area (Å²) in [6.07, 6.45) is 8.77. The molecule has 2 aliphatic rings. The lowest BCUT2D eigenvalue weighted by Gasteiger charge is -2.21. The Morgan fingerprint density at radius 2 is 2.14 bits per heavy atom. The van der Waals surface area contributed by atoms with Crippen LogP contribution in [0.25, 0.3) is 0 Å². The highest BCUT2D eigenvalue weighted by Crippen LogP contribution is 2.30. The van der Waals surface area contributed by atoms with Crippen LogP contribution in [0.1, 0.15) is 6.42 Å². The molecule has 0 unspecified atom stereocenters. The molecule has 0 aromatic rings. The summed E-state index contributed by atoms with van der Waals surface area (Å²) in [4.78, 5) is 0. The van der Waals surface area contributed by atoms with Gasteiger partial charge in [0.1, 0.15) is 5.76 Å². The van der Waals surface area contributed by atoms with Gasteiger partial charge in [-0.15, -0.1) is 0 Å². The number of methoxy groups -OCH3 is 2. The highest BCUT2D eigenvalue weighted by atomic mass is 16.7. The number of hydrogen-bond acceptors (Lipinski definition) is 3. The highest BCUT2D eigenvalue weighted by molar-refractivity contribution is 5.42. The Kier molecular flexibility index (Phi) is 2.31. The molecule has 0 bridgehead atoms. The fourth-order valence-corrected chi connectivity index (χ4v) is 1.44. The maximum absolute atomic E-state index is 5.52. The predicted molar refractivity (Wildman–Crippen MR) is 52.1 cm³/mol. The predicted octanol–water partition coefficient (Wildman–Crippen LogP) is 2.25. The lowest BCUT2D eigenvalue weighted by Crippen LogP contribution is -2.09. The lowest BCUT2D eigenvalue weighted by atomic mass is 10.0. The largest absolute Gasteiger partial charge is 0.490 e. The summed E-state index contributed by atoms with van der Waals surface area (Å²) in [7, 11) is 3.16. The van der Waals surface area contributed by atoms with Crippen molar-refractivity contribution in [3.63, 3.8) is 0 Å². The highest BCUT2D eigenvalue weighted by Gasteiger charge is 2.21. The van der Waals surface area contributed by atoms with Gasteiger partial charge in [-0.05, 0) is 18.6 Å². The second-order valence-electron chi connectivity index (χ2n) is 2.99. The van der Waals surface area contributed by atoms with Crippen molar-refractivity contribution in [3.8, 4) is 0 Å². The van der Waals surface area contributed by atoms with Crippen LogP contribution >= 0.6 is 0 Å². The van der Waals surface area contributed by atoms with Crippen molar-refractivity contribution < 1.29 is 14.2 Å². The third-order valence-corrected chi connectivity index (χ3v) is 2.15. The fourth-order valence-electron chi connectivity index (χ4n) is 1.44. The molecule has 1 aliphatic heterocycles. The van der Waals surface area contributed by atoms with Gasteiger partial charge in [0.15, 0.2) is 0 Å². The summed E-state index contributed by atoms with van der Waals surface area (Å²) in [6.45, 7) is 0. The summed E-state index contributed by atoms with van der Waals surface area (Å²) in [6, 6.07) is 0. The standard InChI is InChI=1S/C11H12O3/c1-12-10-7-8-5-3-4-6-9(8)14-11(10)13-2/h3-4,6-7H,5H2,1-2H3. The van der Waals surface area contributed by atoms with Crippen molar-refractivity contribution in [2.24, 2.45) is 0 Å². The molecular formula is C11H12O3. The molecule has 0 radical (unpaired) electrons. The minimum absolute atomic E-state index is 0.415. The van der Waals surface area contributed by atoms with Crippen LogP contribution < -0.4 is 0 Å². The first kappa shape index (κ1) is 8.94. The number of ether oxygens (including phenoxy) is 3. The Bertz CT molecular complexity index is 359. The molecule has 0 aromatic carbocycles. The molecule has 3 nitrogen and oxygen atoms in total. The van der Waals surface area contributed by atoms with Crippen LogP contribution in [-0.4, -0.2) is 14.2 Å². The van der Waals surface area contributed by atoms with E-state index in [9.17, 15) is 0 Å². The van der Waals surface area contributed by atoms with E-state index in [1.807, 2.05) is 18.2 Å². The van der Waals surface area contributed by atoms with Gasteiger partial charge in [-0.3, -0.25) is 0 Å². The van der Waals surface area contributed by atoms with Gasteiger partial charge in [-0.25, -0.2) is 0 Å². The smallest absolute Gasteiger partial charge is 0.328 e. The molecule has 0 N–H and O–H groups in total. The summed E-state index contributed by atoms with van der Waals surface area (Å²) >= 11 is 0. The Morgan fingerprint density at radius 1 is 1.29 bits per heavy atom. The zero-order valence-electron chi connectivity index (χ0n) is 8.24. The molecule has 1 aliphatic carbocycles. The van der Waals surface area contributed by atoms with Gasteiger partial charge in [0.25, 0.3) is 0 Å². The normalized spacial score (nSPS) is 19.3. The number of hydrogen-bond donors (Lipinski definition) is 0. The summed E-state index contributed by atoms with van der Waals surface area (Å²) in [5.41, 5.74) is 1.12. The third kappa shape index (κ3) is 1.41. The monoisotopic (exact) mass is 192 g/mol. The van der Waals surface area contributed by atoms with Gasteiger partial charge in [-0.2, -0.15) is 0 Å². The molecule has 0 saturated heterocycles. The van der Waals surface area contributed by atoms with E-state index in [-0.39, 0.29) is 0 Å². The molecule has 3 heteroatoms. The first-order valence-electron chi connectivity index (χ1n) is 4.43. The average molecular weight is 192 g/mol. The summed E-state index contributed by atoms with van der Waals surface area (Å²) in [5, 5.41) is 0. The van der Waals surface area contributed by atoms with Gasteiger partial charge in [0.2, 0.25) is 5.76 Å². The fraction of sp³-hybridized carbons (Fsp3) is 0.273. The van der Waals surface area contributed by atoms with E-state index in [2.05, 4.69) is 6.08 Å². The van der Waals surface area contributed by atoms with E-state index in [0.717, 1.165) is 17.8 Å². The SMILES string of the molecule is COC1=C(OC)OC2=CC=CCC2=C1. The molecule has 2 rings (SSSR count). The van der Waals surface area contributed by atoms with Crippen LogP contribution in [0.3, 0.4) is 0 Å². The molecule has 0 amide bonds. The molecule has 0 spiro atoms. The van der Waals surface area contributed by atoms with Crippen molar-refractivity contribution in [2.75, 3.05) is 14.2 Å². The van der Waals surface area contributed by atoms with Gasteiger partial charge >= 0.3 is 5.95 Å². The minimum atomic E-state index is 0.415. The molecule has 1 heterocycles. The van der Waals surface area contributed by atoms with Gasteiger partial charge in [0, 0.05) is 5.57 Å². The zero-order chi connectivity index (χ0) is 9.97. The number of rotatable bonds is 2. The van der Waals surface area contributed by atoms with E-state index < -0.39 is 0 Å². The Hall–Kier alpha value is -1.64. The van der Waals surface area contributed by atoms with E-state index in [1.54, 1.807) is 14.2 Å². The Morgan fingerprint density at radius 3 is 2.86 bits per heavy atom. The Balaban J connectivity index is 2.35. The van der Waals surface area contributed by atoms with Crippen molar-refractivity contribution >= 4 is 0 Å². The van der Waals surface area contributed by atoms with Gasteiger partial charge < -0.3 is 14.2 Å². The van der Waals surface area contributed by atoms with Gasteiger partial charge in [-0.1, -0.05) is 12.2 Å². The average Bonchev–Trinajstić information content (AvgIpc) is 2.27. The third-order valence-electron chi connectivity index (χ3n) is 2.15. The van der Waals surface area contributed by atoms with Crippen molar-refractivity contribution in [2.45, 2.75) is 6.42 Å². The first-order valence-corrected chi connectivity index (χ1v) is 4.43. The lowest BCUT2D eigenvalue weighted by molar-refractivity contribution is 0.0776. The number of allylic oxidation sites excluding steroid dienone is 5. The maximum atomic E-state index is 5.52. The minimum Gasteiger partial charge on any atom is -0.490 e. The van der Waals surface area contributed by atoms with E-state index in [1.165, 1.54) is 0 Å². The van der Waals surface area contributed by atoms with E-state index in [0.29, 0.717) is 11.7 Å². The molecular weight excluding hydrogens is 180 g/mol. The molecule has 14 heavy (non-hydrogen) atoms. The van der Waals surface area contributed by atoms with Crippen LogP contribution in [-0.2, 0) is 14.2 Å². The topological polar surface area (TPSA) is 27.7 Å². The molecule has 0 atom stereocenters. The van der Waals surface area contributed by atoms with Crippen LogP contribution in [0.5, 0.6) is 0 Å². The van der Waals surface area contributed by atoms with Crippen molar-refractivity contribution in [3.05, 3.63) is 47.3 Å². The van der Waals surface area contributed by atoms with Crippen LogP contribution in [0.4, 0.5) is 0 Å². The van der Waals surface area contributed by atoms with Crippen molar-refractivity contribution in [1.82, 2.24) is 0 Å². The van der Waals surface area contributed by atoms with E-state index in [4.69, 9.17) is 14.2 Å². The van der Waals surface area contributed by atoms with Crippen LogP contribution in [0.2, 0.25) is 0 Å². The zero-order valence-corrected chi connectivity index (χ0v) is 8.24. The van der Waals surface area contributed by atoms with Gasteiger partial charge in [0.05, 0.1) is 14.2 Å². The molecule has 74 valence electrons. The quantitative estimate of drug-likeness (QED) is 0.671. The maximum Gasteiger partial charge on any atom is 0.328 e. The molecule has 0 saturated carbocycles. The second-order valence-corrected chi connectivity index (χ2v) is 2.99. The van der Waals surface area contributed by atoms with Crippen LogP contribution in [0.15, 0.2) is 47.3 Å².